The minimum Gasteiger partial charge on any atom is -0.370 e. The Hall–Kier alpha value is -4.06. The van der Waals surface area contributed by atoms with Crippen LogP contribution < -0.4 is 28.2 Å². The Morgan fingerprint density at radius 1 is 1.25 bits per heavy atom. The van der Waals surface area contributed by atoms with Crippen LogP contribution in [0.1, 0.15) is 68.8 Å². The largest absolute Gasteiger partial charge is 0.370 e. The highest BCUT2D eigenvalue weighted by atomic mass is 35.5. The number of pyridine rings is 1. The van der Waals surface area contributed by atoms with Gasteiger partial charge in [0.2, 0.25) is 0 Å². The van der Waals surface area contributed by atoms with Crippen LogP contribution >= 0.6 is 11.6 Å². The Morgan fingerprint density at radius 3 is 2.75 bits per heavy atom. The van der Waals surface area contributed by atoms with Gasteiger partial charge < -0.3 is 27.5 Å². The first-order chi connectivity index (χ1) is 21.1. The normalized spacial score (nSPS) is 12.8. The van der Waals surface area contributed by atoms with E-state index in [1.807, 2.05) is 13.0 Å². The maximum absolute atomic E-state index is 15.2. The van der Waals surface area contributed by atoms with Crippen LogP contribution in [0.25, 0.3) is 34.1 Å². The Morgan fingerprint density at radius 2 is 2.05 bits per heavy atom. The number of aromatic nitrogens is 4. The van der Waals surface area contributed by atoms with E-state index in [0.717, 1.165) is 55.3 Å². The summed E-state index contributed by atoms with van der Waals surface area (Å²) in [5, 5.41) is 4.21. The molecule has 0 spiro atoms. The van der Waals surface area contributed by atoms with Gasteiger partial charge in [0.1, 0.15) is 5.65 Å². The fourth-order valence-electron chi connectivity index (χ4n) is 5.19. The first kappa shape index (κ1) is 32.8. The second kappa shape index (κ2) is 15.1. The molecule has 4 rings (SSSR count). The van der Waals surface area contributed by atoms with Crippen molar-refractivity contribution in [1.82, 2.24) is 24.8 Å². The molecule has 0 saturated carbocycles. The number of halogens is 2. The number of nitrogens with one attached hydrogen (secondary N) is 2. The van der Waals surface area contributed by atoms with Crippen LogP contribution in [0.4, 0.5) is 4.39 Å². The summed E-state index contributed by atoms with van der Waals surface area (Å²) in [5.74, 6) is -0.457. The molecule has 0 amide bonds. The number of aliphatic imine (C=N–C) groups is 1. The topological polar surface area (TPSA) is 166 Å². The predicted octanol–water partition coefficient (Wildman–Crippen LogP) is 4.98. The van der Waals surface area contributed by atoms with E-state index in [1.54, 1.807) is 36.7 Å². The van der Waals surface area contributed by atoms with Crippen LogP contribution in [0.2, 0.25) is 5.02 Å². The quantitative estimate of drug-likeness (QED) is 0.0709. The maximum atomic E-state index is 15.2. The summed E-state index contributed by atoms with van der Waals surface area (Å²) in [6.07, 6.45) is 10.1. The minimum absolute atomic E-state index is 0.0120. The molecule has 0 aliphatic rings. The number of benzene rings is 1. The molecule has 0 saturated heterocycles. The maximum Gasteiger partial charge on any atom is 0.354 e. The summed E-state index contributed by atoms with van der Waals surface area (Å²) >= 11 is 6.26. The van der Waals surface area contributed by atoms with Crippen LogP contribution in [0.3, 0.4) is 0 Å². The highest BCUT2D eigenvalue weighted by Crippen LogP contribution is 2.31. The minimum atomic E-state index is -0.536. The average Bonchev–Trinajstić information content (AvgIpc) is 3.39. The molecule has 10 nitrogen and oxygen atoms in total. The van der Waals surface area contributed by atoms with E-state index in [-0.39, 0.29) is 23.1 Å². The first-order valence-corrected chi connectivity index (χ1v) is 15.3. The number of aromatic amines is 1. The number of nitrogens with two attached hydrogens (primary N) is 3. The summed E-state index contributed by atoms with van der Waals surface area (Å²) in [5.41, 5.74) is 20.4. The standard InChI is InChI=1S/C32H41ClFN9O/c1-4-8-26(38-11-7-12-39-31(36)37)29-21(5-2)15-23(17-40-29)43-18-22-16-27(41-30(22)42-32(43)44)24-13-20(10-6-9-19(3)35)14-25(33)28(24)34/h5,13-19,26,38H,2,4,6-12,35H2,1,3H3,(H4,36,37,39)(H,41,42,44). The average molecular weight is 622 g/mol. The highest BCUT2D eigenvalue weighted by Gasteiger charge is 2.18. The molecule has 1 aromatic carbocycles. The van der Waals surface area contributed by atoms with Gasteiger partial charge in [-0.2, -0.15) is 4.98 Å². The molecule has 2 unspecified atom stereocenters. The molecule has 12 heteroatoms. The number of guanidine groups is 1. The van der Waals surface area contributed by atoms with Gasteiger partial charge in [0, 0.05) is 29.7 Å². The van der Waals surface area contributed by atoms with Crippen molar-refractivity contribution in [2.75, 3.05) is 13.1 Å². The molecule has 3 heterocycles. The molecule has 0 bridgehead atoms. The van der Waals surface area contributed by atoms with E-state index < -0.39 is 11.5 Å². The second-order valence-electron chi connectivity index (χ2n) is 11.0. The second-order valence-corrected chi connectivity index (χ2v) is 11.4. The summed E-state index contributed by atoms with van der Waals surface area (Å²) in [6, 6.07) is 7.13. The number of fused-ring (bicyclic) bond motifs is 1. The molecular formula is C32H41ClFN9O. The third kappa shape index (κ3) is 8.10. The van der Waals surface area contributed by atoms with Crippen molar-refractivity contribution in [1.29, 1.82) is 0 Å². The molecule has 0 aliphatic carbocycles. The van der Waals surface area contributed by atoms with Crippen molar-refractivity contribution >= 4 is 34.7 Å². The van der Waals surface area contributed by atoms with E-state index in [1.165, 1.54) is 4.57 Å². The van der Waals surface area contributed by atoms with E-state index in [0.29, 0.717) is 41.1 Å². The Bertz CT molecular complexity index is 1690. The molecule has 0 aliphatic heterocycles. The number of H-pyrrole nitrogens is 1. The van der Waals surface area contributed by atoms with E-state index in [9.17, 15) is 4.79 Å². The van der Waals surface area contributed by atoms with Gasteiger partial charge in [-0.05, 0) is 81.0 Å². The molecule has 3 aromatic heterocycles. The van der Waals surface area contributed by atoms with E-state index in [4.69, 9.17) is 33.8 Å². The summed E-state index contributed by atoms with van der Waals surface area (Å²) < 4.78 is 16.6. The van der Waals surface area contributed by atoms with Gasteiger partial charge in [0.25, 0.3) is 0 Å². The SMILES string of the molecule is C=Cc1cc(-n2cc3cc(-c4cc(CCCC(C)N)cc(Cl)c4F)[nH]c3nc2=O)cnc1C(CCC)NCCCN=C(N)N. The molecule has 0 fully saturated rings. The smallest absolute Gasteiger partial charge is 0.354 e. The van der Waals surface area contributed by atoms with Gasteiger partial charge in [-0.25, -0.2) is 9.18 Å². The summed E-state index contributed by atoms with van der Waals surface area (Å²) in [4.78, 5) is 29.2. The van der Waals surface area contributed by atoms with Crippen LogP contribution in [0.5, 0.6) is 0 Å². The molecule has 44 heavy (non-hydrogen) atoms. The molecule has 4 aromatic rings. The lowest BCUT2D eigenvalue weighted by Crippen LogP contribution is -2.26. The summed E-state index contributed by atoms with van der Waals surface area (Å²) in [6.45, 7) is 9.30. The lowest BCUT2D eigenvalue weighted by molar-refractivity contribution is 0.479. The van der Waals surface area contributed by atoms with Crippen molar-refractivity contribution in [2.24, 2.45) is 22.2 Å². The van der Waals surface area contributed by atoms with Gasteiger partial charge in [-0.15, -0.1) is 0 Å². The highest BCUT2D eigenvalue weighted by molar-refractivity contribution is 6.31. The van der Waals surface area contributed by atoms with Crippen molar-refractivity contribution in [3.63, 3.8) is 0 Å². The van der Waals surface area contributed by atoms with Crippen molar-refractivity contribution < 1.29 is 4.39 Å². The Labute approximate surface area is 261 Å². The fraction of sp³-hybridized carbons (Fsp3) is 0.375. The fourth-order valence-corrected chi connectivity index (χ4v) is 5.43. The van der Waals surface area contributed by atoms with Gasteiger partial charge >= 0.3 is 5.69 Å². The molecule has 2 atom stereocenters. The van der Waals surface area contributed by atoms with Crippen molar-refractivity contribution in [3.8, 4) is 16.9 Å². The zero-order valence-corrected chi connectivity index (χ0v) is 26.0. The third-order valence-electron chi connectivity index (χ3n) is 7.37. The third-order valence-corrected chi connectivity index (χ3v) is 7.65. The van der Waals surface area contributed by atoms with Gasteiger partial charge in [-0.3, -0.25) is 14.5 Å². The Kier molecular flexibility index (Phi) is 11.3. The lowest BCUT2D eigenvalue weighted by atomic mass is 10.0. The number of rotatable bonds is 15. The lowest BCUT2D eigenvalue weighted by Gasteiger charge is -2.20. The van der Waals surface area contributed by atoms with Gasteiger partial charge in [-0.1, -0.05) is 37.6 Å². The Balaban J connectivity index is 1.63. The molecule has 0 radical (unpaired) electrons. The van der Waals surface area contributed by atoms with Crippen LogP contribution in [0, 0.1) is 5.82 Å². The van der Waals surface area contributed by atoms with Gasteiger partial charge in [0.15, 0.2) is 11.8 Å². The zero-order chi connectivity index (χ0) is 31.8. The monoisotopic (exact) mass is 621 g/mol. The van der Waals surface area contributed by atoms with Crippen LogP contribution in [0.15, 0.2) is 53.0 Å². The van der Waals surface area contributed by atoms with Crippen LogP contribution in [-0.4, -0.2) is 44.6 Å². The molecular weight excluding hydrogens is 581 g/mol. The predicted molar refractivity (Wildman–Crippen MR) is 178 cm³/mol. The zero-order valence-electron chi connectivity index (χ0n) is 25.2. The molecule has 8 N–H and O–H groups in total. The van der Waals surface area contributed by atoms with E-state index >= 15 is 4.39 Å². The van der Waals surface area contributed by atoms with Crippen LogP contribution in [-0.2, 0) is 6.42 Å². The van der Waals surface area contributed by atoms with Crippen molar-refractivity contribution in [2.45, 2.75) is 64.5 Å². The first-order valence-electron chi connectivity index (χ1n) is 14.9. The van der Waals surface area contributed by atoms with Gasteiger partial charge in [0.05, 0.1) is 34.3 Å². The number of hydrogen-bond acceptors (Lipinski definition) is 6. The number of aryl methyl sites for hydroxylation is 1. The van der Waals surface area contributed by atoms with Crippen molar-refractivity contribution in [3.05, 3.63) is 81.4 Å². The molecule has 234 valence electrons. The number of hydrogen-bond donors (Lipinski definition) is 5. The van der Waals surface area contributed by atoms with E-state index in [2.05, 4.69) is 33.8 Å². The number of nitrogens with zero attached hydrogens (tertiary/aromatic N) is 4. The summed E-state index contributed by atoms with van der Waals surface area (Å²) in [7, 11) is 0.